The van der Waals surface area contributed by atoms with Crippen LogP contribution in [0.15, 0.2) is 18.2 Å². The van der Waals surface area contributed by atoms with Crippen molar-refractivity contribution in [3.63, 3.8) is 0 Å². The Kier molecular flexibility index (Phi) is 4.20. The molecule has 19 heavy (non-hydrogen) atoms. The number of benzene rings is 1. The summed E-state index contributed by atoms with van der Waals surface area (Å²) in [5.41, 5.74) is 14.5. The molecule has 0 spiro atoms. The summed E-state index contributed by atoms with van der Waals surface area (Å²) in [6.45, 7) is 4.96. The van der Waals surface area contributed by atoms with E-state index in [9.17, 15) is 0 Å². The molecular formula is C15H27N4+. The summed E-state index contributed by atoms with van der Waals surface area (Å²) >= 11 is 0. The first-order valence-corrected chi connectivity index (χ1v) is 7.20. The van der Waals surface area contributed by atoms with Crippen LogP contribution < -0.4 is 16.4 Å². The van der Waals surface area contributed by atoms with Crippen LogP contribution in [0.5, 0.6) is 0 Å². The van der Waals surface area contributed by atoms with E-state index in [0.717, 1.165) is 23.6 Å². The highest BCUT2D eigenvalue weighted by molar-refractivity contribution is 5.71. The van der Waals surface area contributed by atoms with Crippen molar-refractivity contribution >= 4 is 17.1 Å². The van der Waals surface area contributed by atoms with E-state index in [2.05, 4.69) is 19.0 Å². The van der Waals surface area contributed by atoms with E-state index in [-0.39, 0.29) is 0 Å². The second-order valence-corrected chi connectivity index (χ2v) is 6.09. The minimum absolute atomic E-state index is 0.773. The number of hydrogen-bond acceptors (Lipinski definition) is 3. The number of anilines is 3. The fourth-order valence-corrected chi connectivity index (χ4v) is 3.02. The molecule has 1 aliphatic heterocycles. The summed E-state index contributed by atoms with van der Waals surface area (Å²) in [6.07, 6.45) is 3.96. The summed E-state index contributed by atoms with van der Waals surface area (Å²) in [5, 5.41) is 0. The zero-order valence-corrected chi connectivity index (χ0v) is 12.2. The number of rotatable bonds is 5. The molecule has 0 radical (unpaired) electrons. The van der Waals surface area contributed by atoms with Gasteiger partial charge in [-0.2, -0.15) is 0 Å². The smallest absolute Gasteiger partial charge is 0.0801 e. The molecule has 1 aromatic rings. The molecule has 1 aromatic carbocycles. The van der Waals surface area contributed by atoms with Crippen LogP contribution in [0.2, 0.25) is 0 Å². The Balaban J connectivity index is 1.87. The Hall–Kier alpha value is -1.42. The zero-order valence-electron chi connectivity index (χ0n) is 12.2. The van der Waals surface area contributed by atoms with Crippen LogP contribution >= 0.6 is 0 Å². The van der Waals surface area contributed by atoms with Gasteiger partial charge >= 0.3 is 0 Å². The van der Waals surface area contributed by atoms with E-state index in [1.54, 1.807) is 0 Å². The molecule has 1 fully saturated rings. The average Bonchev–Trinajstić information content (AvgIpc) is 2.79. The van der Waals surface area contributed by atoms with Crippen molar-refractivity contribution in [3.05, 3.63) is 18.2 Å². The van der Waals surface area contributed by atoms with Crippen LogP contribution in [0.1, 0.15) is 19.3 Å². The fraction of sp³-hybridized carbons (Fsp3) is 0.600. The third kappa shape index (κ3) is 3.53. The van der Waals surface area contributed by atoms with Crippen molar-refractivity contribution in [2.45, 2.75) is 19.3 Å². The van der Waals surface area contributed by atoms with E-state index in [1.807, 2.05) is 18.2 Å². The largest absolute Gasteiger partial charge is 0.399 e. The standard InChI is InChI=1S/C15H27N4/c1-18(15-12-13(16)6-7-14(15)17)8-5-11-19(2)9-3-4-10-19/h6-7,12H,3-5,8-11,16-17H2,1-2H3/q+1. The highest BCUT2D eigenvalue weighted by atomic mass is 15.3. The van der Waals surface area contributed by atoms with Gasteiger partial charge in [0.25, 0.3) is 0 Å². The van der Waals surface area contributed by atoms with E-state index >= 15 is 0 Å². The molecule has 0 amide bonds. The maximum Gasteiger partial charge on any atom is 0.0801 e. The highest BCUT2D eigenvalue weighted by Crippen LogP contribution is 2.25. The number of nitrogen functional groups attached to an aromatic ring is 2. The van der Waals surface area contributed by atoms with E-state index < -0.39 is 0 Å². The van der Waals surface area contributed by atoms with Crippen molar-refractivity contribution in [2.75, 3.05) is 56.6 Å². The summed E-state index contributed by atoms with van der Waals surface area (Å²) in [7, 11) is 4.47. The maximum atomic E-state index is 6.01. The van der Waals surface area contributed by atoms with Crippen molar-refractivity contribution in [1.29, 1.82) is 0 Å². The lowest BCUT2D eigenvalue weighted by molar-refractivity contribution is -0.897. The highest BCUT2D eigenvalue weighted by Gasteiger charge is 2.26. The topological polar surface area (TPSA) is 55.3 Å². The Labute approximate surface area is 116 Å². The quantitative estimate of drug-likeness (QED) is 0.630. The molecule has 4 nitrogen and oxygen atoms in total. The molecule has 1 aliphatic rings. The molecule has 1 saturated heterocycles. The zero-order chi connectivity index (χ0) is 13.9. The van der Waals surface area contributed by atoms with Crippen molar-refractivity contribution < 1.29 is 4.48 Å². The first-order chi connectivity index (χ1) is 9.00. The number of hydrogen-bond donors (Lipinski definition) is 2. The van der Waals surface area contributed by atoms with Gasteiger partial charge in [0.2, 0.25) is 0 Å². The average molecular weight is 263 g/mol. The van der Waals surface area contributed by atoms with Crippen LogP contribution in [-0.4, -0.2) is 44.8 Å². The SMILES string of the molecule is CN(CCC[N+]1(C)CCCC1)c1cc(N)ccc1N. The van der Waals surface area contributed by atoms with Gasteiger partial charge < -0.3 is 20.9 Å². The van der Waals surface area contributed by atoms with E-state index in [4.69, 9.17) is 11.5 Å². The predicted molar refractivity (Wildman–Crippen MR) is 83.2 cm³/mol. The number of likely N-dealkylation sites (tertiary alicyclic amines) is 1. The summed E-state index contributed by atoms with van der Waals surface area (Å²) in [5.74, 6) is 0. The van der Waals surface area contributed by atoms with Crippen LogP contribution in [0.3, 0.4) is 0 Å². The summed E-state index contributed by atoms with van der Waals surface area (Å²) < 4.78 is 1.24. The molecule has 1 heterocycles. The Bertz CT molecular complexity index is 424. The van der Waals surface area contributed by atoms with Gasteiger partial charge in [0.05, 0.1) is 38.1 Å². The third-order valence-electron chi connectivity index (χ3n) is 4.30. The summed E-state index contributed by atoms with van der Waals surface area (Å²) in [4.78, 5) is 2.22. The number of nitrogens with zero attached hydrogens (tertiary/aromatic N) is 2. The molecule has 106 valence electrons. The lowest BCUT2D eigenvalue weighted by Crippen LogP contribution is -2.42. The van der Waals surface area contributed by atoms with Crippen LogP contribution in [0.25, 0.3) is 0 Å². The monoisotopic (exact) mass is 263 g/mol. The van der Waals surface area contributed by atoms with Gasteiger partial charge in [0.15, 0.2) is 0 Å². The number of quaternary nitrogens is 1. The Morgan fingerprint density at radius 1 is 1.21 bits per heavy atom. The van der Waals surface area contributed by atoms with Gasteiger partial charge in [0, 0.05) is 38.5 Å². The van der Waals surface area contributed by atoms with Crippen LogP contribution in [0, 0.1) is 0 Å². The van der Waals surface area contributed by atoms with Gasteiger partial charge in [-0.15, -0.1) is 0 Å². The van der Waals surface area contributed by atoms with Crippen molar-refractivity contribution in [1.82, 2.24) is 0 Å². The fourth-order valence-electron chi connectivity index (χ4n) is 3.02. The second kappa shape index (κ2) is 5.70. The van der Waals surface area contributed by atoms with E-state index in [1.165, 1.54) is 43.4 Å². The molecule has 0 atom stereocenters. The molecule has 2 rings (SSSR count). The second-order valence-electron chi connectivity index (χ2n) is 6.09. The molecular weight excluding hydrogens is 236 g/mol. The van der Waals surface area contributed by atoms with E-state index in [0.29, 0.717) is 0 Å². The molecule has 0 saturated carbocycles. The molecule has 0 aliphatic carbocycles. The Morgan fingerprint density at radius 3 is 2.58 bits per heavy atom. The Morgan fingerprint density at radius 2 is 1.89 bits per heavy atom. The van der Waals surface area contributed by atoms with Gasteiger partial charge in [0.1, 0.15) is 0 Å². The maximum absolute atomic E-state index is 6.01. The lowest BCUT2D eigenvalue weighted by atomic mass is 10.2. The molecule has 4 N–H and O–H groups in total. The first-order valence-electron chi connectivity index (χ1n) is 7.20. The minimum Gasteiger partial charge on any atom is -0.399 e. The summed E-state index contributed by atoms with van der Waals surface area (Å²) in [6, 6.07) is 5.69. The molecule has 0 unspecified atom stereocenters. The number of nitrogens with two attached hydrogens (primary N) is 2. The third-order valence-corrected chi connectivity index (χ3v) is 4.30. The van der Waals surface area contributed by atoms with Crippen LogP contribution in [-0.2, 0) is 0 Å². The van der Waals surface area contributed by atoms with Crippen molar-refractivity contribution in [2.24, 2.45) is 0 Å². The van der Waals surface area contributed by atoms with Gasteiger partial charge in [-0.3, -0.25) is 0 Å². The molecule has 4 heteroatoms. The van der Waals surface area contributed by atoms with Crippen LogP contribution in [0.4, 0.5) is 17.1 Å². The van der Waals surface area contributed by atoms with Crippen molar-refractivity contribution in [3.8, 4) is 0 Å². The lowest BCUT2D eigenvalue weighted by Gasteiger charge is -2.30. The van der Waals surface area contributed by atoms with Gasteiger partial charge in [-0.1, -0.05) is 0 Å². The van der Waals surface area contributed by atoms with Gasteiger partial charge in [-0.25, -0.2) is 0 Å². The normalized spacial score (nSPS) is 17.6. The predicted octanol–water partition coefficient (Wildman–Crippen LogP) is 1.92. The van der Waals surface area contributed by atoms with Gasteiger partial charge in [-0.05, 0) is 18.2 Å². The molecule has 0 bridgehead atoms. The minimum atomic E-state index is 0.773. The molecule has 0 aromatic heterocycles. The first kappa shape index (κ1) is 14.0.